The summed E-state index contributed by atoms with van der Waals surface area (Å²) in [5, 5.41) is 9.75. The van der Waals surface area contributed by atoms with Gasteiger partial charge in [-0.2, -0.15) is 0 Å². The van der Waals surface area contributed by atoms with Crippen LogP contribution in [0.15, 0.2) is 53.7 Å². The van der Waals surface area contributed by atoms with Crippen LogP contribution >= 0.6 is 0 Å². The number of benzene rings is 1. The molecule has 104 valence electrons. The molecule has 0 saturated carbocycles. The van der Waals surface area contributed by atoms with Gasteiger partial charge in [0.25, 0.3) is 5.69 Å². The zero-order valence-electron chi connectivity index (χ0n) is 10.6. The van der Waals surface area contributed by atoms with Gasteiger partial charge in [0.1, 0.15) is 0 Å². The van der Waals surface area contributed by atoms with Crippen molar-refractivity contribution in [3.8, 4) is 0 Å². The highest BCUT2D eigenvalue weighted by atomic mass is 32.2. The molecule has 0 bridgehead atoms. The van der Waals surface area contributed by atoms with Crippen LogP contribution in [0.2, 0.25) is 0 Å². The molecule has 0 radical (unpaired) electrons. The fraction of sp³-hybridized carbons (Fsp3) is 0.154. The number of hydrogen-bond donors (Lipinski definition) is 0. The lowest BCUT2D eigenvalue weighted by Gasteiger charge is -2.12. The molecule has 0 aliphatic rings. The summed E-state index contributed by atoms with van der Waals surface area (Å²) in [4.78, 5) is 13.9. The molecule has 1 aromatic heterocycles. The minimum Gasteiger partial charge on any atom is -0.258 e. The van der Waals surface area contributed by atoms with E-state index in [9.17, 15) is 18.5 Å². The monoisotopic (exact) mass is 292 g/mol. The highest BCUT2D eigenvalue weighted by Crippen LogP contribution is 2.28. The van der Waals surface area contributed by atoms with Crippen LogP contribution in [0.1, 0.15) is 17.7 Å². The maximum absolute atomic E-state index is 12.4. The van der Waals surface area contributed by atoms with Crippen molar-refractivity contribution in [3.63, 3.8) is 0 Å². The molecule has 0 aliphatic carbocycles. The van der Waals surface area contributed by atoms with Crippen molar-refractivity contribution in [2.45, 2.75) is 17.2 Å². The summed E-state index contributed by atoms with van der Waals surface area (Å²) >= 11 is 0. The van der Waals surface area contributed by atoms with Gasteiger partial charge in [-0.05, 0) is 24.6 Å². The zero-order chi connectivity index (χ0) is 14.8. The minimum atomic E-state index is -3.61. The third-order valence-electron chi connectivity index (χ3n) is 2.97. The number of rotatable bonds is 4. The molecule has 2 rings (SSSR count). The number of nitrogens with zero attached hydrogens (tertiary/aromatic N) is 2. The lowest BCUT2D eigenvalue weighted by Crippen LogP contribution is -2.12. The molecular weight excluding hydrogens is 280 g/mol. The van der Waals surface area contributed by atoms with E-state index in [2.05, 4.69) is 4.98 Å². The Labute approximate surface area is 116 Å². The number of aromatic nitrogens is 1. The SMILES string of the molecule is CC(c1ccc([N+](=O)[O-])cc1)S(=O)(=O)c1ccccn1. The Balaban J connectivity index is 2.36. The van der Waals surface area contributed by atoms with E-state index in [-0.39, 0.29) is 10.7 Å². The molecule has 0 N–H and O–H groups in total. The van der Waals surface area contributed by atoms with E-state index in [0.29, 0.717) is 5.56 Å². The standard InChI is InChI=1S/C13H12N2O4S/c1-10(11-5-7-12(8-6-11)15(16)17)20(18,19)13-4-2-3-9-14-13/h2-10H,1H3. The van der Waals surface area contributed by atoms with E-state index < -0.39 is 20.0 Å². The van der Waals surface area contributed by atoms with Crippen LogP contribution in [0.3, 0.4) is 0 Å². The maximum atomic E-state index is 12.4. The lowest BCUT2D eigenvalue weighted by atomic mass is 10.1. The van der Waals surface area contributed by atoms with Gasteiger partial charge in [0.15, 0.2) is 5.03 Å². The largest absolute Gasteiger partial charge is 0.269 e. The fourth-order valence-electron chi connectivity index (χ4n) is 1.74. The zero-order valence-corrected chi connectivity index (χ0v) is 11.4. The molecule has 0 amide bonds. The molecule has 0 spiro atoms. The highest BCUT2D eigenvalue weighted by Gasteiger charge is 2.26. The number of pyridine rings is 1. The fourth-order valence-corrected chi connectivity index (χ4v) is 3.10. The molecule has 0 fully saturated rings. The van der Waals surface area contributed by atoms with Gasteiger partial charge in [-0.3, -0.25) is 10.1 Å². The van der Waals surface area contributed by atoms with Crippen molar-refractivity contribution in [1.29, 1.82) is 0 Å². The van der Waals surface area contributed by atoms with Crippen LogP contribution in [-0.2, 0) is 9.84 Å². The average Bonchev–Trinajstić information content (AvgIpc) is 2.47. The van der Waals surface area contributed by atoms with Crippen LogP contribution in [-0.4, -0.2) is 18.3 Å². The van der Waals surface area contributed by atoms with E-state index >= 15 is 0 Å². The smallest absolute Gasteiger partial charge is 0.258 e. The average molecular weight is 292 g/mol. The van der Waals surface area contributed by atoms with Gasteiger partial charge < -0.3 is 0 Å². The molecule has 7 heteroatoms. The van der Waals surface area contributed by atoms with Crippen molar-refractivity contribution < 1.29 is 13.3 Å². The number of nitro groups is 1. The molecule has 1 unspecified atom stereocenters. The number of non-ortho nitro benzene ring substituents is 1. The Hall–Kier alpha value is -2.28. The second-order valence-electron chi connectivity index (χ2n) is 4.20. The maximum Gasteiger partial charge on any atom is 0.269 e. The number of nitro benzene ring substituents is 1. The first-order valence-electron chi connectivity index (χ1n) is 5.82. The number of sulfone groups is 1. The molecule has 6 nitrogen and oxygen atoms in total. The molecule has 1 aromatic carbocycles. The van der Waals surface area contributed by atoms with E-state index in [1.807, 2.05) is 0 Å². The molecule has 1 heterocycles. The van der Waals surface area contributed by atoms with Gasteiger partial charge in [-0.25, -0.2) is 13.4 Å². The second-order valence-corrected chi connectivity index (χ2v) is 6.42. The van der Waals surface area contributed by atoms with Crippen LogP contribution < -0.4 is 0 Å². The summed E-state index contributed by atoms with van der Waals surface area (Å²) in [6.07, 6.45) is 1.41. The number of hydrogen-bond acceptors (Lipinski definition) is 5. The first kappa shape index (κ1) is 14.1. The lowest BCUT2D eigenvalue weighted by molar-refractivity contribution is -0.384. The summed E-state index contributed by atoms with van der Waals surface area (Å²) in [5.41, 5.74) is 0.414. The van der Waals surface area contributed by atoms with Crippen molar-refractivity contribution in [2.24, 2.45) is 0 Å². The Kier molecular flexibility index (Phi) is 3.80. The van der Waals surface area contributed by atoms with Crippen molar-refractivity contribution in [3.05, 3.63) is 64.3 Å². The van der Waals surface area contributed by atoms with E-state index in [1.165, 1.54) is 43.5 Å². The summed E-state index contributed by atoms with van der Waals surface area (Å²) in [6, 6.07) is 10.1. The van der Waals surface area contributed by atoms with Gasteiger partial charge in [-0.1, -0.05) is 18.2 Å². The Morgan fingerprint density at radius 1 is 1.15 bits per heavy atom. The molecule has 2 aromatic rings. The predicted octanol–water partition coefficient (Wildman–Crippen LogP) is 2.52. The highest BCUT2D eigenvalue weighted by molar-refractivity contribution is 7.91. The molecule has 0 saturated heterocycles. The van der Waals surface area contributed by atoms with E-state index in [0.717, 1.165) is 0 Å². The van der Waals surface area contributed by atoms with Crippen molar-refractivity contribution in [1.82, 2.24) is 4.98 Å². The topological polar surface area (TPSA) is 90.2 Å². The summed E-state index contributed by atoms with van der Waals surface area (Å²) in [6.45, 7) is 1.53. The van der Waals surface area contributed by atoms with Gasteiger partial charge in [-0.15, -0.1) is 0 Å². The van der Waals surface area contributed by atoms with Crippen LogP contribution in [0.5, 0.6) is 0 Å². The summed E-state index contributed by atoms with van der Waals surface area (Å²) in [7, 11) is -3.61. The molecular formula is C13H12N2O4S. The Morgan fingerprint density at radius 3 is 2.30 bits per heavy atom. The minimum absolute atomic E-state index is 0.00847. The molecule has 20 heavy (non-hydrogen) atoms. The Bertz CT molecular complexity index is 712. The third-order valence-corrected chi connectivity index (χ3v) is 5.00. The van der Waals surface area contributed by atoms with E-state index in [4.69, 9.17) is 0 Å². The first-order valence-corrected chi connectivity index (χ1v) is 7.37. The predicted molar refractivity (Wildman–Crippen MR) is 72.9 cm³/mol. The van der Waals surface area contributed by atoms with E-state index in [1.54, 1.807) is 12.1 Å². The van der Waals surface area contributed by atoms with Crippen molar-refractivity contribution >= 4 is 15.5 Å². The second kappa shape index (κ2) is 5.38. The summed E-state index contributed by atoms with van der Waals surface area (Å²) in [5.74, 6) is 0. The van der Waals surface area contributed by atoms with Gasteiger partial charge >= 0.3 is 0 Å². The third kappa shape index (κ3) is 2.67. The normalized spacial score (nSPS) is 12.8. The summed E-state index contributed by atoms with van der Waals surface area (Å²) < 4.78 is 24.7. The molecule has 0 aliphatic heterocycles. The van der Waals surface area contributed by atoms with Crippen LogP contribution in [0.25, 0.3) is 0 Å². The quantitative estimate of drug-likeness (QED) is 0.638. The van der Waals surface area contributed by atoms with Crippen molar-refractivity contribution in [2.75, 3.05) is 0 Å². The van der Waals surface area contributed by atoms with Gasteiger partial charge in [0.05, 0.1) is 10.2 Å². The van der Waals surface area contributed by atoms with Crippen LogP contribution in [0, 0.1) is 10.1 Å². The van der Waals surface area contributed by atoms with Gasteiger partial charge in [0.2, 0.25) is 9.84 Å². The first-order chi connectivity index (χ1) is 9.43. The molecule has 1 atom stereocenters. The van der Waals surface area contributed by atoms with Crippen LogP contribution in [0.4, 0.5) is 5.69 Å². The Morgan fingerprint density at radius 2 is 1.80 bits per heavy atom. The van der Waals surface area contributed by atoms with Gasteiger partial charge in [0, 0.05) is 18.3 Å².